The second-order valence-electron chi connectivity index (χ2n) is 8.38. The van der Waals surface area contributed by atoms with Gasteiger partial charge in [-0.3, -0.25) is 9.36 Å². The van der Waals surface area contributed by atoms with Crippen molar-refractivity contribution in [1.82, 2.24) is 19.7 Å². The van der Waals surface area contributed by atoms with Crippen molar-refractivity contribution in [2.24, 2.45) is 0 Å². The Morgan fingerprint density at radius 3 is 2.52 bits per heavy atom. The lowest BCUT2D eigenvalue weighted by Gasteiger charge is -2.22. The first-order chi connectivity index (χ1) is 16.2. The van der Waals surface area contributed by atoms with Crippen molar-refractivity contribution in [1.29, 1.82) is 0 Å². The minimum atomic E-state index is 0.136. The summed E-state index contributed by atoms with van der Waals surface area (Å²) < 4.78 is 7.60. The van der Waals surface area contributed by atoms with E-state index in [0.717, 1.165) is 18.4 Å². The van der Waals surface area contributed by atoms with Crippen LogP contribution in [-0.4, -0.2) is 37.4 Å². The molecular formula is C26H26N4O2S. The van der Waals surface area contributed by atoms with Crippen molar-refractivity contribution in [3.8, 4) is 11.6 Å². The number of amides is 1. The van der Waals surface area contributed by atoms with E-state index in [2.05, 4.69) is 53.5 Å². The fourth-order valence-electron chi connectivity index (χ4n) is 3.80. The summed E-state index contributed by atoms with van der Waals surface area (Å²) in [5.41, 5.74) is 3.53. The van der Waals surface area contributed by atoms with Crippen LogP contribution in [0.5, 0.6) is 0 Å². The van der Waals surface area contributed by atoms with E-state index in [9.17, 15) is 4.79 Å². The van der Waals surface area contributed by atoms with Gasteiger partial charge >= 0.3 is 0 Å². The molecule has 0 N–H and O–H groups in total. The Hall–Kier alpha value is -3.32. The van der Waals surface area contributed by atoms with E-state index in [1.54, 1.807) is 6.26 Å². The average molecular weight is 459 g/mol. The van der Waals surface area contributed by atoms with Crippen LogP contribution in [0.4, 0.5) is 0 Å². The molecule has 0 atom stereocenters. The van der Waals surface area contributed by atoms with Gasteiger partial charge in [-0.2, -0.15) is 0 Å². The highest BCUT2D eigenvalue weighted by molar-refractivity contribution is 7.99. The smallest absolute Gasteiger partial charge is 0.233 e. The molecule has 0 bridgehead atoms. The highest BCUT2D eigenvalue weighted by Crippen LogP contribution is 2.31. The van der Waals surface area contributed by atoms with E-state index in [0.29, 0.717) is 41.6 Å². The van der Waals surface area contributed by atoms with Gasteiger partial charge in [0.1, 0.15) is 0 Å². The van der Waals surface area contributed by atoms with Crippen molar-refractivity contribution < 1.29 is 9.21 Å². The van der Waals surface area contributed by atoms with Gasteiger partial charge in [0.05, 0.1) is 18.6 Å². The second kappa shape index (κ2) is 9.67. The Balaban J connectivity index is 1.33. The number of rotatable bonds is 9. The molecule has 1 aliphatic rings. The Morgan fingerprint density at radius 1 is 1.03 bits per heavy atom. The predicted octanol–water partition coefficient (Wildman–Crippen LogP) is 5.18. The molecule has 1 saturated carbocycles. The molecule has 7 heteroatoms. The van der Waals surface area contributed by atoms with Crippen LogP contribution in [0.15, 0.2) is 82.6 Å². The number of hydrogen-bond acceptors (Lipinski definition) is 5. The summed E-state index contributed by atoms with van der Waals surface area (Å²) in [5.74, 6) is 1.79. The fourth-order valence-corrected chi connectivity index (χ4v) is 4.62. The standard InChI is InChI=1S/C26H26N4O2S/c1-19-9-11-21(12-10-19)16-29(22-13-14-22)24(31)18-33-26-28-27-25(23-8-5-15-32-23)30(26)17-20-6-3-2-4-7-20/h2-12,15,22H,13-14,16-18H2,1H3. The van der Waals surface area contributed by atoms with Crippen molar-refractivity contribution >= 4 is 17.7 Å². The Morgan fingerprint density at radius 2 is 1.82 bits per heavy atom. The van der Waals surface area contributed by atoms with E-state index < -0.39 is 0 Å². The topological polar surface area (TPSA) is 64.2 Å². The minimum absolute atomic E-state index is 0.136. The summed E-state index contributed by atoms with van der Waals surface area (Å²) in [7, 11) is 0. The third-order valence-electron chi connectivity index (χ3n) is 5.75. The Bertz CT molecular complexity index is 1200. The van der Waals surface area contributed by atoms with E-state index in [-0.39, 0.29) is 5.91 Å². The summed E-state index contributed by atoms with van der Waals surface area (Å²) in [6.45, 7) is 3.33. The molecule has 33 heavy (non-hydrogen) atoms. The first kappa shape index (κ1) is 21.5. The van der Waals surface area contributed by atoms with Crippen molar-refractivity contribution in [3.63, 3.8) is 0 Å². The number of aryl methyl sites for hydroxylation is 1. The number of benzene rings is 2. The van der Waals surface area contributed by atoms with Gasteiger partial charge < -0.3 is 9.32 Å². The number of hydrogen-bond donors (Lipinski definition) is 0. The fraction of sp³-hybridized carbons (Fsp3) is 0.269. The van der Waals surface area contributed by atoms with Crippen molar-refractivity contribution in [2.75, 3.05) is 5.75 Å². The molecule has 0 aliphatic heterocycles. The molecule has 5 rings (SSSR count). The molecule has 2 heterocycles. The maximum Gasteiger partial charge on any atom is 0.233 e. The monoisotopic (exact) mass is 458 g/mol. The number of nitrogens with zero attached hydrogens (tertiary/aromatic N) is 4. The Kier molecular flexibility index (Phi) is 6.30. The zero-order valence-corrected chi connectivity index (χ0v) is 19.4. The van der Waals surface area contributed by atoms with Gasteiger partial charge in [0.25, 0.3) is 0 Å². The maximum atomic E-state index is 13.2. The molecule has 0 unspecified atom stereocenters. The lowest BCUT2D eigenvalue weighted by Crippen LogP contribution is -2.34. The third kappa shape index (κ3) is 5.20. The first-order valence-corrected chi connectivity index (χ1v) is 12.1. The van der Waals surface area contributed by atoms with Crippen molar-refractivity contribution in [3.05, 3.63) is 89.7 Å². The van der Waals surface area contributed by atoms with Crippen LogP contribution in [-0.2, 0) is 17.9 Å². The number of furan rings is 1. The molecular weight excluding hydrogens is 432 g/mol. The van der Waals surface area contributed by atoms with Gasteiger partial charge in [-0.15, -0.1) is 10.2 Å². The van der Waals surface area contributed by atoms with E-state index in [1.807, 2.05) is 39.8 Å². The average Bonchev–Trinajstić information content (AvgIpc) is 3.38. The lowest BCUT2D eigenvalue weighted by molar-refractivity contribution is -0.129. The molecule has 0 radical (unpaired) electrons. The van der Waals surface area contributed by atoms with Gasteiger partial charge in [-0.25, -0.2) is 0 Å². The van der Waals surface area contributed by atoms with Crippen LogP contribution in [0.3, 0.4) is 0 Å². The summed E-state index contributed by atoms with van der Waals surface area (Å²) >= 11 is 1.44. The van der Waals surface area contributed by atoms with Gasteiger partial charge in [0.2, 0.25) is 11.7 Å². The maximum absolute atomic E-state index is 13.2. The molecule has 1 fully saturated rings. The van der Waals surface area contributed by atoms with Crippen molar-refractivity contribution in [2.45, 2.75) is 44.1 Å². The van der Waals surface area contributed by atoms with Gasteiger partial charge in [0.15, 0.2) is 10.9 Å². The molecule has 0 spiro atoms. The molecule has 1 amide bonds. The highest BCUT2D eigenvalue weighted by Gasteiger charge is 2.32. The minimum Gasteiger partial charge on any atom is -0.461 e. The van der Waals surface area contributed by atoms with Crippen LogP contribution in [0.2, 0.25) is 0 Å². The zero-order valence-electron chi connectivity index (χ0n) is 18.6. The lowest BCUT2D eigenvalue weighted by atomic mass is 10.1. The van der Waals surface area contributed by atoms with E-state index in [1.165, 1.54) is 22.9 Å². The first-order valence-electron chi connectivity index (χ1n) is 11.2. The van der Waals surface area contributed by atoms with Gasteiger partial charge in [-0.1, -0.05) is 71.9 Å². The SMILES string of the molecule is Cc1ccc(CN(C(=O)CSc2nnc(-c3ccco3)n2Cc2ccccc2)C2CC2)cc1. The zero-order chi connectivity index (χ0) is 22.6. The quantitative estimate of drug-likeness (QED) is 0.324. The van der Waals surface area contributed by atoms with Crippen LogP contribution < -0.4 is 0 Å². The Labute approximate surface area is 197 Å². The molecule has 2 aromatic heterocycles. The third-order valence-corrected chi connectivity index (χ3v) is 6.70. The largest absolute Gasteiger partial charge is 0.461 e. The summed E-state index contributed by atoms with van der Waals surface area (Å²) in [6.07, 6.45) is 3.79. The number of thioether (sulfide) groups is 1. The molecule has 168 valence electrons. The number of carbonyl (C=O) groups is 1. The highest BCUT2D eigenvalue weighted by atomic mass is 32.2. The molecule has 6 nitrogen and oxygen atoms in total. The summed E-state index contributed by atoms with van der Waals surface area (Å²) in [5, 5.41) is 9.49. The van der Waals surface area contributed by atoms with Crippen LogP contribution in [0.25, 0.3) is 11.6 Å². The second-order valence-corrected chi connectivity index (χ2v) is 9.32. The van der Waals surface area contributed by atoms with Gasteiger partial charge in [-0.05, 0) is 43.0 Å². The summed E-state index contributed by atoms with van der Waals surface area (Å²) in [4.78, 5) is 15.2. The molecule has 2 aromatic carbocycles. The molecule has 1 aliphatic carbocycles. The number of aromatic nitrogens is 3. The van der Waals surface area contributed by atoms with Crippen LogP contribution >= 0.6 is 11.8 Å². The summed E-state index contributed by atoms with van der Waals surface area (Å²) in [6, 6.07) is 22.6. The molecule has 0 saturated heterocycles. The van der Waals surface area contributed by atoms with E-state index >= 15 is 0 Å². The molecule has 4 aromatic rings. The van der Waals surface area contributed by atoms with E-state index in [4.69, 9.17) is 4.42 Å². The predicted molar refractivity (Wildman–Crippen MR) is 129 cm³/mol. The number of carbonyl (C=O) groups excluding carboxylic acids is 1. The normalized spacial score (nSPS) is 13.2. The van der Waals surface area contributed by atoms with Crippen LogP contribution in [0, 0.1) is 6.92 Å². The van der Waals surface area contributed by atoms with Gasteiger partial charge in [0, 0.05) is 12.6 Å². The van der Waals surface area contributed by atoms with Crippen LogP contribution in [0.1, 0.15) is 29.5 Å².